The van der Waals surface area contributed by atoms with Crippen LogP contribution < -0.4 is 4.74 Å². The van der Waals surface area contributed by atoms with Crippen molar-refractivity contribution in [3.63, 3.8) is 0 Å². The Morgan fingerprint density at radius 2 is 1.88 bits per heavy atom. The number of methoxy groups -OCH3 is 1. The Labute approximate surface area is 151 Å². The molecule has 0 aliphatic carbocycles. The minimum atomic E-state index is -0.156. The first kappa shape index (κ1) is 19.0. The second-order valence-electron chi connectivity index (χ2n) is 6.45. The maximum Gasteiger partial charge on any atom is 0.305 e. The monoisotopic (exact) mass is 340 g/mol. The van der Waals surface area contributed by atoms with Gasteiger partial charge in [0.1, 0.15) is 5.75 Å². The van der Waals surface area contributed by atoms with Gasteiger partial charge in [-0.25, -0.2) is 0 Å². The predicted molar refractivity (Wildman–Crippen MR) is 102 cm³/mol. The van der Waals surface area contributed by atoms with Crippen LogP contribution in [-0.4, -0.2) is 19.7 Å². The van der Waals surface area contributed by atoms with Gasteiger partial charge in [0.15, 0.2) is 0 Å². The first-order valence-corrected chi connectivity index (χ1v) is 9.02. The Bertz CT molecular complexity index is 664. The molecule has 2 aromatic carbocycles. The van der Waals surface area contributed by atoms with E-state index in [1.54, 1.807) is 0 Å². The molecule has 0 aromatic heterocycles. The third kappa shape index (κ3) is 5.93. The number of carbonyl (C=O) groups excluding carboxylic acids is 1. The maximum atomic E-state index is 11.3. The van der Waals surface area contributed by atoms with Crippen LogP contribution in [0.4, 0.5) is 0 Å². The zero-order chi connectivity index (χ0) is 18.1. The lowest BCUT2D eigenvalue weighted by molar-refractivity contribution is -0.140. The Hall–Kier alpha value is -2.29. The fraction of sp³-hybridized carbons (Fsp3) is 0.409. The van der Waals surface area contributed by atoms with Crippen LogP contribution in [0, 0.1) is 5.92 Å². The molecule has 3 nitrogen and oxygen atoms in total. The van der Waals surface area contributed by atoms with E-state index in [9.17, 15) is 4.79 Å². The van der Waals surface area contributed by atoms with Crippen molar-refractivity contribution < 1.29 is 14.3 Å². The van der Waals surface area contributed by atoms with Crippen LogP contribution in [-0.2, 0) is 16.0 Å². The van der Waals surface area contributed by atoms with Crippen LogP contribution in [0.15, 0.2) is 48.5 Å². The van der Waals surface area contributed by atoms with Crippen LogP contribution in [0.25, 0.3) is 11.1 Å². The standard InChI is InChI=1S/C22H28O3/c1-4-17(2)16-25-21-14-13-18(9-8-12-22(23)24-3)15-20(21)19-10-6-5-7-11-19/h5-7,10-11,13-15,17H,4,8-9,12,16H2,1-3H3. The zero-order valence-corrected chi connectivity index (χ0v) is 15.5. The number of rotatable bonds is 9. The fourth-order valence-corrected chi connectivity index (χ4v) is 2.59. The second-order valence-corrected chi connectivity index (χ2v) is 6.45. The van der Waals surface area contributed by atoms with Gasteiger partial charge in [-0.05, 0) is 42.0 Å². The van der Waals surface area contributed by atoms with E-state index in [-0.39, 0.29) is 5.97 Å². The molecule has 1 atom stereocenters. The fourth-order valence-electron chi connectivity index (χ4n) is 2.59. The van der Waals surface area contributed by atoms with Crippen LogP contribution in [0.1, 0.15) is 38.7 Å². The number of aryl methyl sites for hydroxylation is 1. The van der Waals surface area contributed by atoms with Crippen molar-refractivity contribution >= 4 is 5.97 Å². The molecular formula is C22H28O3. The van der Waals surface area contributed by atoms with Gasteiger partial charge in [0.05, 0.1) is 13.7 Å². The lowest BCUT2D eigenvalue weighted by atomic mass is 9.99. The lowest BCUT2D eigenvalue weighted by Crippen LogP contribution is -2.08. The average molecular weight is 340 g/mol. The summed E-state index contributed by atoms with van der Waals surface area (Å²) < 4.78 is 10.8. The molecule has 0 fully saturated rings. The van der Waals surface area contributed by atoms with Crippen molar-refractivity contribution in [2.45, 2.75) is 39.5 Å². The smallest absolute Gasteiger partial charge is 0.305 e. The summed E-state index contributed by atoms with van der Waals surface area (Å²) in [6.07, 6.45) is 3.18. The van der Waals surface area contributed by atoms with Gasteiger partial charge in [0, 0.05) is 12.0 Å². The van der Waals surface area contributed by atoms with Gasteiger partial charge in [-0.2, -0.15) is 0 Å². The summed E-state index contributed by atoms with van der Waals surface area (Å²) in [6, 6.07) is 16.6. The summed E-state index contributed by atoms with van der Waals surface area (Å²) >= 11 is 0. The molecule has 0 radical (unpaired) electrons. The summed E-state index contributed by atoms with van der Waals surface area (Å²) in [5.74, 6) is 1.29. The summed E-state index contributed by atoms with van der Waals surface area (Å²) in [7, 11) is 1.43. The minimum absolute atomic E-state index is 0.156. The maximum absolute atomic E-state index is 11.3. The van der Waals surface area contributed by atoms with Crippen molar-refractivity contribution in [2.75, 3.05) is 13.7 Å². The highest BCUT2D eigenvalue weighted by atomic mass is 16.5. The van der Waals surface area contributed by atoms with Gasteiger partial charge in [0.25, 0.3) is 0 Å². The summed E-state index contributed by atoms with van der Waals surface area (Å²) in [5, 5.41) is 0. The molecule has 3 heteroatoms. The molecule has 0 saturated heterocycles. The number of hydrogen-bond acceptors (Lipinski definition) is 3. The summed E-state index contributed by atoms with van der Waals surface area (Å²) in [6.45, 7) is 5.10. The Kier molecular flexibility index (Phi) is 7.52. The SMILES string of the molecule is CCC(C)COc1ccc(CCCC(=O)OC)cc1-c1ccccc1. The molecule has 134 valence electrons. The number of esters is 1. The van der Waals surface area contributed by atoms with Crippen molar-refractivity contribution in [1.82, 2.24) is 0 Å². The predicted octanol–water partition coefficient (Wildman–Crippen LogP) is 5.27. The van der Waals surface area contributed by atoms with E-state index < -0.39 is 0 Å². The summed E-state index contributed by atoms with van der Waals surface area (Å²) in [4.78, 5) is 11.3. The van der Waals surface area contributed by atoms with E-state index in [2.05, 4.69) is 44.2 Å². The van der Waals surface area contributed by atoms with Crippen molar-refractivity contribution in [2.24, 2.45) is 5.92 Å². The first-order chi connectivity index (χ1) is 12.1. The molecule has 0 spiro atoms. The van der Waals surface area contributed by atoms with Gasteiger partial charge in [-0.3, -0.25) is 4.79 Å². The Morgan fingerprint density at radius 1 is 1.12 bits per heavy atom. The van der Waals surface area contributed by atoms with Crippen LogP contribution >= 0.6 is 0 Å². The molecule has 0 bridgehead atoms. The van der Waals surface area contributed by atoms with Crippen molar-refractivity contribution in [1.29, 1.82) is 0 Å². The molecule has 0 aliphatic heterocycles. The number of carbonyl (C=O) groups is 1. The van der Waals surface area contributed by atoms with E-state index in [1.807, 2.05) is 18.2 Å². The third-order valence-corrected chi connectivity index (χ3v) is 4.42. The molecule has 0 N–H and O–H groups in total. The lowest BCUT2D eigenvalue weighted by Gasteiger charge is -2.16. The highest BCUT2D eigenvalue weighted by Crippen LogP contribution is 2.32. The Balaban J connectivity index is 2.17. The second kappa shape index (κ2) is 9.87. The van der Waals surface area contributed by atoms with Gasteiger partial charge < -0.3 is 9.47 Å². The van der Waals surface area contributed by atoms with E-state index in [0.717, 1.165) is 42.7 Å². The number of benzene rings is 2. The van der Waals surface area contributed by atoms with Crippen LogP contribution in [0.5, 0.6) is 5.75 Å². The normalized spacial score (nSPS) is 11.8. The minimum Gasteiger partial charge on any atom is -0.493 e. The van der Waals surface area contributed by atoms with Crippen LogP contribution in [0.3, 0.4) is 0 Å². The van der Waals surface area contributed by atoms with Crippen LogP contribution in [0.2, 0.25) is 0 Å². The highest BCUT2D eigenvalue weighted by Gasteiger charge is 2.10. The van der Waals surface area contributed by atoms with Gasteiger partial charge in [-0.15, -0.1) is 0 Å². The highest BCUT2D eigenvalue weighted by molar-refractivity contribution is 5.71. The summed E-state index contributed by atoms with van der Waals surface area (Å²) in [5.41, 5.74) is 3.47. The number of hydrogen-bond donors (Lipinski definition) is 0. The average Bonchev–Trinajstić information content (AvgIpc) is 2.67. The molecule has 25 heavy (non-hydrogen) atoms. The Morgan fingerprint density at radius 3 is 2.56 bits per heavy atom. The molecule has 0 saturated carbocycles. The van der Waals surface area contributed by atoms with Gasteiger partial charge in [0.2, 0.25) is 0 Å². The van der Waals surface area contributed by atoms with Gasteiger partial charge in [-0.1, -0.05) is 56.7 Å². The third-order valence-electron chi connectivity index (χ3n) is 4.42. The number of ether oxygens (including phenoxy) is 2. The first-order valence-electron chi connectivity index (χ1n) is 9.02. The molecule has 1 unspecified atom stereocenters. The largest absolute Gasteiger partial charge is 0.493 e. The molecular weight excluding hydrogens is 312 g/mol. The molecule has 0 aliphatic rings. The van der Waals surface area contributed by atoms with E-state index in [0.29, 0.717) is 12.3 Å². The molecule has 0 amide bonds. The zero-order valence-electron chi connectivity index (χ0n) is 15.5. The van der Waals surface area contributed by atoms with E-state index in [4.69, 9.17) is 9.47 Å². The molecule has 0 heterocycles. The van der Waals surface area contributed by atoms with Crippen molar-refractivity contribution in [3.8, 4) is 16.9 Å². The van der Waals surface area contributed by atoms with E-state index in [1.165, 1.54) is 12.7 Å². The van der Waals surface area contributed by atoms with Crippen molar-refractivity contribution in [3.05, 3.63) is 54.1 Å². The van der Waals surface area contributed by atoms with Gasteiger partial charge >= 0.3 is 5.97 Å². The molecule has 2 rings (SSSR count). The quantitative estimate of drug-likeness (QED) is 0.583. The molecule has 2 aromatic rings. The van der Waals surface area contributed by atoms with E-state index >= 15 is 0 Å². The topological polar surface area (TPSA) is 35.5 Å².